The van der Waals surface area contributed by atoms with Crippen molar-refractivity contribution in [2.75, 3.05) is 0 Å². The summed E-state index contributed by atoms with van der Waals surface area (Å²) in [5.41, 5.74) is 3.92. The largest absolute Gasteiger partial charge is 0.308 e. The van der Waals surface area contributed by atoms with Gasteiger partial charge < -0.3 is 4.40 Å². The van der Waals surface area contributed by atoms with E-state index in [0.29, 0.717) is 0 Å². The normalized spacial score (nSPS) is 12.3. The standard InChI is InChI=1S/C22H13N/c1-3-10-19-15(7-1)17-9-5-6-14-12-13-18-16-8-2-4-11-20(16)23(19)22(18)21(14)17/h1-13H. The monoisotopic (exact) mass is 291 g/mol. The van der Waals surface area contributed by atoms with E-state index in [1.54, 1.807) is 0 Å². The number of rotatable bonds is 0. The van der Waals surface area contributed by atoms with E-state index in [4.69, 9.17) is 0 Å². The molecule has 4 aromatic carbocycles. The Morgan fingerprint density at radius 2 is 1.13 bits per heavy atom. The predicted octanol–water partition coefficient (Wildman–Crippen LogP) is 5.99. The SMILES string of the molecule is c1cc2ccc3c4ccccc4n4c5ccccc5c(c1)c2c34. The van der Waals surface area contributed by atoms with Gasteiger partial charge in [-0.3, -0.25) is 0 Å². The van der Waals surface area contributed by atoms with E-state index in [1.807, 2.05) is 0 Å². The summed E-state index contributed by atoms with van der Waals surface area (Å²) in [6.45, 7) is 0. The lowest BCUT2D eigenvalue weighted by atomic mass is 9.99. The molecule has 0 amide bonds. The molecule has 0 fully saturated rings. The van der Waals surface area contributed by atoms with Gasteiger partial charge in [0.15, 0.2) is 0 Å². The maximum atomic E-state index is 2.44. The van der Waals surface area contributed by atoms with Gasteiger partial charge in [0.25, 0.3) is 0 Å². The zero-order valence-electron chi connectivity index (χ0n) is 12.5. The smallest absolute Gasteiger partial charge is 0.0625 e. The molecule has 0 bridgehead atoms. The minimum atomic E-state index is 1.28. The van der Waals surface area contributed by atoms with E-state index in [9.17, 15) is 0 Å². The van der Waals surface area contributed by atoms with Crippen LogP contribution in [0.2, 0.25) is 0 Å². The van der Waals surface area contributed by atoms with Gasteiger partial charge in [0, 0.05) is 21.5 Å². The van der Waals surface area contributed by atoms with Crippen molar-refractivity contribution in [2.45, 2.75) is 0 Å². The molecule has 0 aliphatic rings. The summed E-state index contributed by atoms with van der Waals surface area (Å²) < 4.78 is 2.44. The number of aromatic nitrogens is 1. The summed E-state index contributed by atoms with van der Waals surface area (Å²) in [6.07, 6.45) is 0. The first-order valence-electron chi connectivity index (χ1n) is 7.98. The second-order valence-electron chi connectivity index (χ2n) is 6.24. The van der Waals surface area contributed by atoms with E-state index in [0.717, 1.165) is 0 Å². The second-order valence-corrected chi connectivity index (χ2v) is 6.24. The Hall–Kier alpha value is -3.06. The molecule has 2 heterocycles. The average molecular weight is 291 g/mol. The molecular formula is C22H13N. The maximum absolute atomic E-state index is 2.44. The van der Waals surface area contributed by atoms with E-state index in [2.05, 4.69) is 83.3 Å². The molecule has 0 aliphatic heterocycles. The molecule has 23 heavy (non-hydrogen) atoms. The highest BCUT2D eigenvalue weighted by atomic mass is 14.9. The van der Waals surface area contributed by atoms with Crippen molar-refractivity contribution in [3.8, 4) is 0 Å². The van der Waals surface area contributed by atoms with Gasteiger partial charge >= 0.3 is 0 Å². The molecule has 0 saturated carbocycles. The van der Waals surface area contributed by atoms with Gasteiger partial charge in [0.05, 0.1) is 16.6 Å². The number of benzene rings is 4. The highest BCUT2D eigenvalue weighted by Crippen LogP contribution is 2.40. The maximum Gasteiger partial charge on any atom is 0.0625 e. The summed E-state index contributed by atoms with van der Waals surface area (Å²) in [4.78, 5) is 0. The molecular weight excluding hydrogens is 278 g/mol. The van der Waals surface area contributed by atoms with Crippen LogP contribution in [0.1, 0.15) is 0 Å². The van der Waals surface area contributed by atoms with Gasteiger partial charge in [-0.15, -0.1) is 0 Å². The first-order valence-corrected chi connectivity index (χ1v) is 7.98. The minimum Gasteiger partial charge on any atom is -0.308 e. The topological polar surface area (TPSA) is 4.41 Å². The molecule has 0 radical (unpaired) electrons. The van der Waals surface area contributed by atoms with Gasteiger partial charge in [-0.2, -0.15) is 0 Å². The van der Waals surface area contributed by atoms with Crippen LogP contribution in [0.3, 0.4) is 0 Å². The Kier molecular flexibility index (Phi) is 1.91. The Bertz CT molecular complexity index is 1330. The predicted molar refractivity (Wildman–Crippen MR) is 98.6 cm³/mol. The minimum absolute atomic E-state index is 1.28. The molecule has 0 unspecified atom stereocenters. The summed E-state index contributed by atoms with van der Waals surface area (Å²) in [5, 5.41) is 8.03. The Morgan fingerprint density at radius 1 is 0.478 bits per heavy atom. The fourth-order valence-corrected chi connectivity index (χ4v) is 4.20. The van der Waals surface area contributed by atoms with Crippen molar-refractivity contribution in [3.63, 3.8) is 0 Å². The van der Waals surface area contributed by atoms with E-state index >= 15 is 0 Å². The molecule has 0 aliphatic carbocycles. The molecule has 2 aromatic heterocycles. The van der Waals surface area contributed by atoms with E-state index < -0.39 is 0 Å². The quantitative estimate of drug-likeness (QED) is 0.239. The first-order chi connectivity index (χ1) is 11.4. The van der Waals surface area contributed by atoms with Crippen LogP contribution in [0.25, 0.3) is 48.9 Å². The van der Waals surface area contributed by atoms with Gasteiger partial charge in [0.2, 0.25) is 0 Å². The molecule has 1 nitrogen and oxygen atoms in total. The van der Waals surface area contributed by atoms with Crippen LogP contribution in [-0.2, 0) is 0 Å². The highest BCUT2D eigenvalue weighted by molar-refractivity contribution is 6.28. The fourth-order valence-electron chi connectivity index (χ4n) is 4.20. The molecule has 6 rings (SSSR count). The lowest BCUT2D eigenvalue weighted by Gasteiger charge is -2.12. The van der Waals surface area contributed by atoms with Crippen molar-refractivity contribution in [3.05, 3.63) is 78.9 Å². The molecule has 0 saturated heterocycles. The zero-order chi connectivity index (χ0) is 15.0. The van der Waals surface area contributed by atoms with Gasteiger partial charge in [-0.05, 0) is 22.9 Å². The molecule has 0 N–H and O–H groups in total. The third-order valence-electron chi connectivity index (χ3n) is 5.11. The lowest BCUT2D eigenvalue weighted by Crippen LogP contribution is -1.91. The van der Waals surface area contributed by atoms with Crippen molar-refractivity contribution in [1.82, 2.24) is 4.40 Å². The summed E-state index contributed by atoms with van der Waals surface area (Å²) >= 11 is 0. The van der Waals surface area contributed by atoms with E-state index in [1.165, 1.54) is 48.9 Å². The van der Waals surface area contributed by atoms with Crippen LogP contribution >= 0.6 is 0 Å². The van der Waals surface area contributed by atoms with Crippen LogP contribution in [-0.4, -0.2) is 4.40 Å². The number of para-hydroxylation sites is 2. The Morgan fingerprint density at radius 3 is 1.91 bits per heavy atom. The Balaban J connectivity index is 2.18. The fraction of sp³-hybridized carbons (Fsp3) is 0. The molecule has 106 valence electrons. The average Bonchev–Trinajstić information content (AvgIpc) is 2.96. The van der Waals surface area contributed by atoms with Gasteiger partial charge in [-0.25, -0.2) is 0 Å². The van der Waals surface area contributed by atoms with Crippen LogP contribution in [0, 0.1) is 0 Å². The van der Waals surface area contributed by atoms with Crippen molar-refractivity contribution in [1.29, 1.82) is 0 Å². The van der Waals surface area contributed by atoms with Gasteiger partial charge in [0.1, 0.15) is 0 Å². The number of hydrogen-bond donors (Lipinski definition) is 0. The number of hydrogen-bond acceptors (Lipinski definition) is 0. The number of pyridine rings is 1. The summed E-state index contributed by atoms with van der Waals surface area (Å²) in [5.74, 6) is 0. The third kappa shape index (κ3) is 1.25. The first kappa shape index (κ1) is 11.5. The van der Waals surface area contributed by atoms with Crippen LogP contribution in [0.15, 0.2) is 78.9 Å². The molecule has 1 heteroatoms. The Labute approximate surface area is 132 Å². The van der Waals surface area contributed by atoms with Crippen molar-refractivity contribution in [2.24, 2.45) is 0 Å². The van der Waals surface area contributed by atoms with Crippen LogP contribution in [0.5, 0.6) is 0 Å². The van der Waals surface area contributed by atoms with E-state index in [-0.39, 0.29) is 0 Å². The number of fused-ring (bicyclic) bond motifs is 6. The van der Waals surface area contributed by atoms with Crippen LogP contribution in [0.4, 0.5) is 0 Å². The summed E-state index contributed by atoms with van der Waals surface area (Å²) in [6, 6.07) is 28.6. The number of nitrogens with zero attached hydrogens (tertiary/aromatic N) is 1. The van der Waals surface area contributed by atoms with Crippen molar-refractivity contribution < 1.29 is 0 Å². The molecule has 6 aromatic rings. The highest BCUT2D eigenvalue weighted by Gasteiger charge is 2.16. The molecule has 0 spiro atoms. The van der Waals surface area contributed by atoms with Crippen molar-refractivity contribution >= 4 is 48.9 Å². The second kappa shape index (κ2) is 3.82. The third-order valence-corrected chi connectivity index (χ3v) is 5.11. The van der Waals surface area contributed by atoms with Crippen LogP contribution < -0.4 is 0 Å². The zero-order valence-corrected chi connectivity index (χ0v) is 12.5. The van der Waals surface area contributed by atoms with Gasteiger partial charge in [-0.1, -0.05) is 66.7 Å². The lowest BCUT2D eigenvalue weighted by molar-refractivity contribution is 1.35. The summed E-state index contributed by atoms with van der Waals surface area (Å²) in [7, 11) is 0. The molecule has 0 atom stereocenters.